The van der Waals surface area contributed by atoms with Gasteiger partial charge in [0.2, 0.25) is 4.96 Å². The first-order valence-corrected chi connectivity index (χ1v) is 10.3. The lowest BCUT2D eigenvalue weighted by Crippen LogP contribution is -2.17. The third-order valence-electron chi connectivity index (χ3n) is 3.94. The predicted octanol–water partition coefficient (Wildman–Crippen LogP) is 4.37. The Morgan fingerprint density at radius 1 is 1.08 bits per heavy atom. The summed E-state index contributed by atoms with van der Waals surface area (Å²) in [6.45, 7) is 0. The fraction of sp³-hybridized carbons (Fsp3) is 0.167. The second-order valence-corrected chi connectivity index (χ2v) is 8.38. The number of thioether (sulfide) groups is 1. The first kappa shape index (κ1) is 17.5. The van der Waals surface area contributed by atoms with Crippen molar-refractivity contribution in [2.24, 2.45) is 5.73 Å². The van der Waals surface area contributed by atoms with Gasteiger partial charge in [-0.15, -0.1) is 15.3 Å². The van der Waals surface area contributed by atoms with Crippen LogP contribution >= 0.6 is 34.7 Å². The maximum Gasteiger partial charge on any atom is 0.235 e. The number of nitrogens with two attached hydrogens (primary N) is 1. The molecule has 0 fully saturated rings. The lowest BCUT2D eigenvalue weighted by molar-refractivity contribution is 0.635. The summed E-state index contributed by atoms with van der Waals surface area (Å²) in [5.41, 5.74) is 8.60. The largest absolute Gasteiger partial charge is 0.321 e. The molecule has 0 bridgehead atoms. The van der Waals surface area contributed by atoms with Crippen LogP contribution in [0, 0.1) is 0 Å². The molecule has 26 heavy (non-hydrogen) atoms. The molecule has 1 atom stereocenters. The van der Waals surface area contributed by atoms with Crippen LogP contribution in [-0.4, -0.2) is 19.8 Å². The van der Waals surface area contributed by atoms with Gasteiger partial charge in [-0.2, -0.15) is 4.52 Å². The van der Waals surface area contributed by atoms with E-state index in [4.69, 9.17) is 17.3 Å². The monoisotopic (exact) mass is 401 g/mol. The van der Waals surface area contributed by atoms with Crippen molar-refractivity contribution in [1.82, 2.24) is 19.8 Å². The molecule has 1 unspecified atom stereocenters. The molecule has 2 N–H and O–H groups in total. The summed E-state index contributed by atoms with van der Waals surface area (Å²) >= 11 is 9.36. The number of aromatic nitrogens is 4. The molecule has 0 aliphatic rings. The summed E-state index contributed by atoms with van der Waals surface area (Å²) in [6.07, 6.45) is 0.696. The maximum atomic E-state index is 6.35. The molecule has 2 aromatic heterocycles. The molecule has 2 aromatic carbocycles. The van der Waals surface area contributed by atoms with E-state index >= 15 is 0 Å². The molecule has 4 rings (SSSR count). The Kier molecular flexibility index (Phi) is 5.21. The minimum Gasteiger partial charge on any atom is -0.321 e. The van der Waals surface area contributed by atoms with Gasteiger partial charge in [0.25, 0.3) is 0 Å². The van der Waals surface area contributed by atoms with Gasteiger partial charge >= 0.3 is 0 Å². The Balaban J connectivity index is 1.50. The summed E-state index contributed by atoms with van der Waals surface area (Å²) in [5.74, 6) is 1.44. The highest BCUT2D eigenvalue weighted by atomic mass is 35.5. The quantitative estimate of drug-likeness (QED) is 0.486. The van der Waals surface area contributed by atoms with Crippen LogP contribution < -0.4 is 5.73 Å². The third-order valence-corrected chi connectivity index (χ3v) is 6.39. The number of hydrogen-bond acceptors (Lipinski definition) is 6. The summed E-state index contributed by atoms with van der Waals surface area (Å²) in [4.78, 5) is 0.755. The first-order chi connectivity index (χ1) is 12.7. The van der Waals surface area contributed by atoms with Crippen LogP contribution in [0.5, 0.6) is 0 Å². The second-order valence-electron chi connectivity index (χ2n) is 5.80. The highest BCUT2D eigenvalue weighted by Gasteiger charge is 2.18. The van der Waals surface area contributed by atoms with Crippen LogP contribution in [0.15, 0.2) is 58.9 Å². The Labute approximate surface area is 164 Å². The lowest BCUT2D eigenvalue weighted by Gasteiger charge is -2.08. The van der Waals surface area contributed by atoms with Crippen molar-refractivity contribution >= 4 is 39.7 Å². The average molecular weight is 402 g/mol. The van der Waals surface area contributed by atoms with Gasteiger partial charge < -0.3 is 5.73 Å². The maximum absolute atomic E-state index is 6.35. The molecule has 5 nitrogen and oxygen atoms in total. The molecule has 0 amide bonds. The van der Waals surface area contributed by atoms with E-state index in [1.165, 1.54) is 16.9 Å². The van der Waals surface area contributed by atoms with Gasteiger partial charge in [-0.25, -0.2) is 0 Å². The molecule has 8 heteroatoms. The van der Waals surface area contributed by atoms with Gasteiger partial charge in [0, 0.05) is 10.8 Å². The lowest BCUT2D eigenvalue weighted by atomic mass is 10.1. The normalized spacial score (nSPS) is 12.5. The van der Waals surface area contributed by atoms with E-state index in [0.717, 1.165) is 25.6 Å². The highest BCUT2D eigenvalue weighted by Crippen LogP contribution is 2.30. The number of rotatable bonds is 6. The van der Waals surface area contributed by atoms with Gasteiger partial charge in [0.15, 0.2) is 10.2 Å². The van der Waals surface area contributed by atoms with E-state index in [1.807, 2.05) is 42.5 Å². The Morgan fingerprint density at radius 2 is 1.85 bits per heavy atom. The fourth-order valence-corrected chi connectivity index (χ4v) is 4.79. The Morgan fingerprint density at radius 3 is 2.65 bits per heavy atom. The zero-order valence-corrected chi connectivity index (χ0v) is 16.1. The zero-order valence-electron chi connectivity index (χ0n) is 13.7. The molecular weight excluding hydrogens is 386 g/mol. The van der Waals surface area contributed by atoms with Crippen LogP contribution in [0.4, 0.5) is 0 Å². The number of nitrogens with zero attached hydrogens (tertiary/aromatic N) is 4. The van der Waals surface area contributed by atoms with Crippen LogP contribution in [0.1, 0.15) is 23.0 Å². The number of benzene rings is 2. The van der Waals surface area contributed by atoms with Gasteiger partial charge in [-0.1, -0.05) is 83.2 Å². The first-order valence-electron chi connectivity index (χ1n) is 8.08. The second kappa shape index (κ2) is 7.75. The molecule has 0 aliphatic heterocycles. The summed E-state index contributed by atoms with van der Waals surface area (Å²) in [6, 6.07) is 17.7. The topological polar surface area (TPSA) is 69.1 Å². The van der Waals surface area contributed by atoms with Crippen LogP contribution in [0.25, 0.3) is 4.96 Å². The van der Waals surface area contributed by atoms with Crippen molar-refractivity contribution in [3.63, 3.8) is 0 Å². The van der Waals surface area contributed by atoms with Crippen molar-refractivity contribution < 1.29 is 0 Å². The minimum atomic E-state index is -0.254. The van der Waals surface area contributed by atoms with E-state index < -0.39 is 0 Å². The molecule has 0 saturated heterocycles. The third kappa shape index (κ3) is 3.76. The van der Waals surface area contributed by atoms with Gasteiger partial charge in [0.05, 0.1) is 6.04 Å². The number of fused-ring (bicyclic) bond motifs is 1. The molecule has 2 heterocycles. The summed E-state index contributed by atoms with van der Waals surface area (Å²) in [5, 5.41) is 13.9. The van der Waals surface area contributed by atoms with E-state index in [9.17, 15) is 0 Å². The van der Waals surface area contributed by atoms with E-state index in [-0.39, 0.29) is 6.04 Å². The zero-order chi connectivity index (χ0) is 17.9. The molecule has 0 radical (unpaired) electrons. The highest BCUT2D eigenvalue weighted by molar-refractivity contribution is 8.00. The molecular formula is C18H16ClN5S2. The Bertz CT molecular complexity index is 1010. The van der Waals surface area contributed by atoms with Crippen LogP contribution in [-0.2, 0) is 12.2 Å². The average Bonchev–Trinajstić information content (AvgIpc) is 3.22. The molecule has 132 valence electrons. The van der Waals surface area contributed by atoms with Crippen molar-refractivity contribution in [3.8, 4) is 0 Å². The predicted molar refractivity (Wildman–Crippen MR) is 107 cm³/mol. The standard InChI is InChI=1S/C18H16ClN5S2/c19-14-9-5-4-8-13(14)11-25-18-23-24-16(21-22-17(24)26-18)15(20)10-12-6-2-1-3-7-12/h1-9,15H,10-11,20H2. The van der Waals surface area contributed by atoms with E-state index in [0.29, 0.717) is 12.2 Å². The van der Waals surface area contributed by atoms with Crippen LogP contribution in [0.2, 0.25) is 5.02 Å². The smallest absolute Gasteiger partial charge is 0.235 e. The van der Waals surface area contributed by atoms with Crippen molar-refractivity contribution in [1.29, 1.82) is 0 Å². The van der Waals surface area contributed by atoms with Gasteiger partial charge in [-0.05, 0) is 23.6 Å². The van der Waals surface area contributed by atoms with Crippen molar-refractivity contribution in [2.75, 3.05) is 0 Å². The molecule has 0 aliphatic carbocycles. The summed E-state index contributed by atoms with van der Waals surface area (Å²) in [7, 11) is 0. The van der Waals surface area contributed by atoms with Crippen molar-refractivity contribution in [3.05, 3.63) is 76.6 Å². The van der Waals surface area contributed by atoms with E-state index in [1.54, 1.807) is 16.3 Å². The SMILES string of the molecule is NC(Cc1ccccc1)c1nnc2sc(SCc3ccccc3Cl)nn12. The molecule has 0 saturated carbocycles. The van der Waals surface area contributed by atoms with Gasteiger partial charge in [-0.3, -0.25) is 0 Å². The minimum absolute atomic E-state index is 0.254. The number of hydrogen-bond donors (Lipinski definition) is 1. The molecule has 4 aromatic rings. The fourth-order valence-electron chi connectivity index (χ4n) is 2.62. The Hall–Kier alpha value is -1.93. The van der Waals surface area contributed by atoms with Crippen LogP contribution in [0.3, 0.4) is 0 Å². The van der Waals surface area contributed by atoms with Crippen molar-refractivity contribution in [2.45, 2.75) is 22.6 Å². The number of halogens is 1. The molecule has 0 spiro atoms. The summed E-state index contributed by atoms with van der Waals surface area (Å²) < 4.78 is 2.68. The van der Waals surface area contributed by atoms with Gasteiger partial charge in [0.1, 0.15) is 0 Å². The van der Waals surface area contributed by atoms with E-state index in [2.05, 4.69) is 27.4 Å².